The molecule has 2 heterocycles. The van der Waals surface area contributed by atoms with E-state index in [0.717, 1.165) is 43.7 Å². The summed E-state index contributed by atoms with van der Waals surface area (Å²) in [7, 11) is 2.18. The third kappa shape index (κ3) is 4.12. The molecule has 0 unspecified atom stereocenters. The Balaban J connectivity index is 1.49. The van der Waals surface area contributed by atoms with Crippen molar-refractivity contribution in [2.24, 2.45) is 5.41 Å². The standard InChI is InChI=1S/C24H29FN2O/c1-26-14-11-24(12-15-26)13-16-27(18-24)23(28)17-22(19-5-3-2-4-6-19)20-7-9-21(25)10-8-20/h2-10,22H,11-18H2,1H3/t22-/m1/s1. The smallest absolute Gasteiger partial charge is 0.223 e. The fraction of sp³-hybridized carbons (Fsp3) is 0.458. The zero-order chi connectivity index (χ0) is 19.6. The van der Waals surface area contributed by atoms with Crippen molar-refractivity contribution in [2.75, 3.05) is 33.2 Å². The highest BCUT2D eigenvalue weighted by atomic mass is 19.1. The Morgan fingerprint density at radius 3 is 2.25 bits per heavy atom. The van der Waals surface area contributed by atoms with Gasteiger partial charge in [-0.1, -0.05) is 42.5 Å². The van der Waals surface area contributed by atoms with Crippen molar-refractivity contribution >= 4 is 5.91 Å². The van der Waals surface area contributed by atoms with E-state index in [1.807, 2.05) is 30.3 Å². The molecule has 2 fully saturated rings. The third-order valence-corrected chi connectivity index (χ3v) is 6.69. The first-order valence-corrected chi connectivity index (χ1v) is 10.3. The van der Waals surface area contributed by atoms with Crippen LogP contribution < -0.4 is 0 Å². The molecule has 0 bridgehead atoms. The molecule has 2 aromatic rings. The number of halogens is 1. The summed E-state index contributed by atoms with van der Waals surface area (Å²) < 4.78 is 13.4. The predicted octanol–water partition coefficient (Wildman–Crippen LogP) is 4.29. The number of nitrogens with zero attached hydrogens (tertiary/aromatic N) is 2. The zero-order valence-corrected chi connectivity index (χ0v) is 16.6. The predicted molar refractivity (Wildman–Crippen MR) is 110 cm³/mol. The fourth-order valence-electron chi connectivity index (χ4n) is 4.76. The molecule has 1 atom stereocenters. The van der Waals surface area contributed by atoms with Crippen molar-refractivity contribution < 1.29 is 9.18 Å². The number of carbonyl (C=O) groups is 1. The molecule has 0 saturated carbocycles. The van der Waals surface area contributed by atoms with Crippen LogP contribution in [0.15, 0.2) is 54.6 Å². The second kappa shape index (κ2) is 8.04. The molecule has 0 aliphatic carbocycles. The normalized spacial score (nSPS) is 20.4. The van der Waals surface area contributed by atoms with E-state index in [2.05, 4.69) is 29.0 Å². The van der Waals surface area contributed by atoms with Crippen molar-refractivity contribution in [3.05, 3.63) is 71.5 Å². The molecule has 4 heteroatoms. The minimum absolute atomic E-state index is 0.0386. The van der Waals surface area contributed by atoms with Crippen LogP contribution in [0.4, 0.5) is 4.39 Å². The summed E-state index contributed by atoms with van der Waals surface area (Å²) >= 11 is 0. The topological polar surface area (TPSA) is 23.6 Å². The highest BCUT2D eigenvalue weighted by Gasteiger charge is 2.41. The SMILES string of the molecule is CN1CCC2(CC1)CCN(C(=O)C[C@H](c1ccccc1)c1ccc(F)cc1)C2. The van der Waals surface area contributed by atoms with E-state index in [0.29, 0.717) is 11.8 Å². The Bertz CT molecular complexity index is 797. The molecular formula is C24H29FN2O. The number of carbonyl (C=O) groups excluding carboxylic acids is 1. The summed E-state index contributed by atoms with van der Waals surface area (Å²) in [4.78, 5) is 17.7. The molecule has 0 radical (unpaired) electrons. The van der Waals surface area contributed by atoms with Gasteiger partial charge in [0.15, 0.2) is 0 Å². The number of benzene rings is 2. The average molecular weight is 381 g/mol. The van der Waals surface area contributed by atoms with E-state index < -0.39 is 0 Å². The van der Waals surface area contributed by atoms with Crippen LogP contribution in [0.25, 0.3) is 0 Å². The molecule has 0 N–H and O–H groups in total. The van der Waals surface area contributed by atoms with Crippen LogP contribution in [0.2, 0.25) is 0 Å². The van der Waals surface area contributed by atoms with Gasteiger partial charge in [-0.15, -0.1) is 0 Å². The Labute approximate surface area is 167 Å². The van der Waals surface area contributed by atoms with Gasteiger partial charge in [0.1, 0.15) is 5.82 Å². The lowest BCUT2D eigenvalue weighted by Gasteiger charge is -2.37. The maximum atomic E-state index is 13.4. The van der Waals surface area contributed by atoms with Gasteiger partial charge in [-0.3, -0.25) is 4.79 Å². The van der Waals surface area contributed by atoms with Gasteiger partial charge in [0.25, 0.3) is 0 Å². The molecule has 3 nitrogen and oxygen atoms in total. The quantitative estimate of drug-likeness (QED) is 0.790. The number of amides is 1. The lowest BCUT2D eigenvalue weighted by molar-refractivity contribution is -0.130. The monoisotopic (exact) mass is 380 g/mol. The van der Waals surface area contributed by atoms with Gasteiger partial charge in [-0.2, -0.15) is 0 Å². The average Bonchev–Trinajstić information content (AvgIpc) is 3.14. The number of piperidine rings is 1. The first kappa shape index (κ1) is 19.1. The van der Waals surface area contributed by atoms with Crippen molar-refractivity contribution in [2.45, 2.75) is 31.6 Å². The molecule has 28 heavy (non-hydrogen) atoms. The lowest BCUT2D eigenvalue weighted by Crippen LogP contribution is -2.40. The summed E-state index contributed by atoms with van der Waals surface area (Å²) in [6.07, 6.45) is 3.94. The van der Waals surface area contributed by atoms with E-state index >= 15 is 0 Å². The van der Waals surface area contributed by atoms with Crippen molar-refractivity contribution in [1.29, 1.82) is 0 Å². The third-order valence-electron chi connectivity index (χ3n) is 6.69. The first-order valence-electron chi connectivity index (χ1n) is 10.3. The van der Waals surface area contributed by atoms with E-state index in [-0.39, 0.29) is 17.6 Å². The number of likely N-dealkylation sites (tertiary alicyclic amines) is 2. The van der Waals surface area contributed by atoms with Crippen LogP contribution >= 0.6 is 0 Å². The molecule has 148 valence electrons. The number of rotatable bonds is 4. The van der Waals surface area contributed by atoms with Gasteiger partial charge in [0, 0.05) is 25.4 Å². The van der Waals surface area contributed by atoms with Gasteiger partial charge in [-0.05, 0) is 68.1 Å². The van der Waals surface area contributed by atoms with E-state index in [1.165, 1.54) is 25.0 Å². The van der Waals surface area contributed by atoms with Gasteiger partial charge in [-0.25, -0.2) is 4.39 Å². The summed E-state index contributed by atoms with van der Waals surface area (Å²) in [5, 5.41) is 0. The first-order chi connectivity index (χ1) is 13.5. The molecule has 2 aliphatic rings. The Morgan fingerprint density at radius 1 is 0.964 bits per heavy atom. The van der Waals surface area contributed by atoms with Crippen LogP contribution in [0.3, 0.4) is 0 Å². The highest BCUT2D eigenvalue weighted by molar-refractivity contribution is 5.78. The Hall–Kier alpha value is -2.20. The summed E-state index contributed by atoms with van der Waals surface area (Å²) in [5.41, 5.74) is 2.42. The van der Waals surface area contributed by atoms with Crippen molar-refractivity contribution in [3.63, 3.8) is 0 Å². The van der Waals surface area contributed by atoms with Gasteiger partial charge in [0.05, 0.1) is 0 Å². The van der Waals surface area contributed by atoms with Crippen molar-refractivity contribution in [3.8, 4) is 0 Å². The van der Waals surface area contributed by atoms with Crippen LogP contribution in [0.5, 0.6) is 0 Å². The maximum Gasteiger partial charge on any atom is 0.223 e. The molecule has 1 amide bonds. The van der Waals surface area contributed by atoms with Crippen LogP contribution in [0, 0.1) is 11.2 Å². The summed E-state index contributed by atoms with van der Waals surface area (Å²) in [6, 6.07) is 16.7. The summed E-state index contributed by atoms with van der Waals surface area (Å²) in [6.45, 7) is 4.02. The molecule has 1 spiro atoms. The second-order valence-corrected chi connectivity index (χ2v) is 8.59. The Kier molecular flexibility index (Phi) is 5.49. The minimum atomic E-state index is -0.245. The maximum absolute atomic E-state index is 13.4. The van der Waals surface area contributed by atoms with Gasteiger partial charge >= 0.3 is 0 Å². The van der Waals surface area contributed by atoms with Gasteiger partial charge in [0.2, 0.25) is 5.91 Å². The van der Waals surface area contributed by atoms with Crippen LogP contribution in [-0.4, -0.2) is 48.9 Å². The zero-order valence-electron chi connectivity index (χ0n) is 16.6. The molecular weight excluding hydrogens is 351 g/mol. The lowest BCUT2D eigenvalue weighted by atomic mass is 9.78. The fourth-order valence-corrected chi connectivity index (χ4v) is 4.76. The van der Waals surface area contributed by atoms with E-state index in [4.69, 9.17) is 0 Å². The highest BCUT2D eigenvalue weighted by Crippen LogP contribution is 2.41. The van der Waals surface area contributed by atoms with Crippen LogP contribution in [0.1, 0.15) is 42.7 Å². The molecule has 4 rings (SSSR count). The molecule has 2 aliphatic heterocycles. The minimum Gasteiger partial charge on any atom is -0.342 e. The van der Waals surface area contributed by atoms with Crippen molar-refractivity contribution in [1.82, 2.24) is 9.80 Å². The molecule has 2 aromatic carbocycles. The summed E-state index contributed by atoms with van der Waals surface area (Å²) in [5.74, 6) is -0.0667. The number of hydrogen-bond donors (Lipinski definition) is 0. The largest absolute Gasteiger partial charge is 0.342 e. The molecule has 0 aromatic heterocycles. The van der Waals surface area contributed by atoms with E-state index in [1.54, 1.807) is 0 Å². The second-order valence-electron chi connectivity index (χ2n) is 8.59. The van der Waals surface area contributed by atoms with E-state index in [9.17, 15) is 9.18 Å². The van der Waals surface area contributed by atoms with Crippen LogP contribution in [-0.2, 0) is 4.79 Å². The van der Waals surface area contributed by atoms with Gasteiger partial charge < -0.3 is 9.80 Å². The Morgan fingerprint density at radius 2 is 1.57 bits per heavy atom. The number of hydrogen-bond acceptors (Lipinski definition) is 2. The molecule has 2 saturated heterocycles.